The summed E-state index contributed by atoms with van der Waals surface area (Å²) in [4.78, 5) is 3.10. The van der Waals surface area contributed by atoms with E-state index in [4.69, 9.17) is 0 Å². The Bertz CT molecular complexity index is 849. The largest absolute Gasteiger partial charge is 0.381 e. The average molecular weight is 342 g/mol. The lowest BCUT2D eigenvalue weighted by molar-refractivity contribution is 0.346. The van der Waals surface area contributed by atoms with Gasteiger partial charge in [0.1, 0.15) is 0 Å². The molecule has 0 unspecified atom stereocenters. The molecule has 2 heterocycles. The van der Waals surface area contributed by atoms with Gasteiger partial charge < -0.3 is 10.2 Å². The maximum absolute atomic E-state index is 12.9. The topological polar surface area (TPSA) is 49.4 Å². The molecule has 2 atom stereocenters. The van der Waals surface area contributed by atoms with Crippen molar-refractivity contribution in [2.24, 2.45) is 0 Å². The summed E-state index contributed by atoms with van der Waals surface area (Å²) in [6, 6.07) is 14.6. The normalized spacial score (nSPS) is 23.9. The first-order chi connectivity index (χ1) is 11.6. The minimum Gasteiger partial charge on any atom is -0.381 e. The van der Waals surface area contributed by atoms with Crippen LogP contribution in [0.25, 0.3) is 0 Å². The highest BCUT2D eigenvalue weighted by Gasteiger charge is 2.34. The van der Waals surface area contributed by atoms with Crippen LogP contribution in [-0.2, 0) is 9.84 Å². The number of benzene rings is 2. The molecule has 4 nitrogen and oxygen atoms in total. The van der Waals surface area contributed by atoms with Crippen LogP contribution in [0.3, 0.4) is 0 Å². The molecule has 0 bridgehead atoms. The summed E-state index contributed by atoms with van der Waals surface area (Å²) < 4.78 is 25.8. The summed E-state index contributed by atoms with van der Waals surface area (Å²) in [7, 11) is -1.31. The summed E-state index contributed by atoms with van der Waals surface area (Å²) >= 11 is 0. The van der Waals surface area contributed by atoms with Gasteiger partial charge in [-0.2, -0.15) is 0 Å². The molecule has 24 heavy (non-hydrogen) atoms. The standard InChI is InChI=1S/C19H22N2O2S/c1-21-11-9-16-17-13-15(7-8-18(17)20-19(16)10-12-21)24(22,23)14-5-3-2-4-6-14/h2-8,13,16,19-20H,9-12H2,1H3/t16-,19-/m1/s1. The number of nitrogens with zero attached hydrogens (tertiary/aromatic N) is 1. The molecule has 1 N–H and O–H groups in total. The van der Waals surface area contributed by atoms with E-state index in [9.17, 15) is 8.42 Å². The lowest BCUT2D eigenvalue weighted by Gasteiger charge is -2.16. The summed E-state index contributed by atoms with van der Waals surface area (Å²) in [6.07, 6.45) is 2.16. The quantitative estimate of drug-likeness (QED) is 0.911. The summed E-state index contributed by atoms with van der Waals surface area (Å²) in [5.74, 6) is 0.399. The minimum absolute atomic E-state index is 0.355. The smallest absolute Gasteiger partial charge is 0.206 e. The molecule has 2 aliphatic rings. The van der Waals surface area contributed by atoms with E-state index in [2.05, 4.69) is 17.3 Å². The molecule has 126 valence electrons. The molecule has 0 aromatic heterocycles. The Morgan fingerprint density at radius 3 is 2.54 bits per heavy atom. The van der Waals surface area contributed by atoms with Gasteiger partial charge in [-0.05, 0) is 68.9 Å². The molecule has 0 saturated carbocycles. The second-order valence-corrected chi connectivity index (χ2v) is 8.75. The van der Waals surface area contributed by atoms with E-state index in [0.29, 0.717) is 21.8 Å². The third kappa shape index (κ3) is 2.62. The zero-order chi connectivity index (χ0) is 16.7. The van der Waals surface area contributed by atoms with Crippen LogP contribution in [0.15, 0.2) is 58.3 Å². The number of rotatable bonds is 2. The van der Waals surface area contributed by atoms with Crippen molar-refractivity contribution in [2.75, 3.05) is 25.5 Å². The Labute approximate surface area is 143 Å². The van der Waals surface area contributed by atoms with Gasteiger partial charge in [-0.1, -0.05) is 18.2 Å². The third-order valence-electron chi connectivity index (χ3n) is 5.26. The van der Waals surface area contributed by atoms with E-state index >= 15 is 0 Å². The van der Waals surface area contributed by atoms with Gasteiger partial charge >= 0.3 is 0 Å². The predicted molar refractivity (Wildman–Crippen MR) is 95.2 cm³/mol. The fourth-order valence-electron chi connectivity index (χ4n) is 3.86. The van der Waals surface area contributed by atoms with Gasteiger partial charge in [0, 0.05) is 17.6 Å². The summed E-state index contributed by atoms with van der Waals surface area (Å²) in [6.45, 7) is 2.13. The fourth-order valence-corrected chi connectivity index (χ4v) is 5.18. The van der Waals surface area contributed by atoms with Crippen LogP contribution in [0, 0.1) is 0 Å². The number of hydrogen-bond acceptors (Lipinski definition) is 4. The van der Waals surface area contributed by atoms with Crippen LogP contribution < -0.4 is 5.32 Å². The number of nitrogens with one attached hydrogen (secondary N) is 1. The second kappa shape index (κ2) is 5.90. The first kappa shape index (κ1) is 15.7. The highest BCUT2D eigenvalue weighted by Crippen LogP contribution is 2.42. The summed E-state index contributed by atoms with van der Waals surface area (Å²) in [5, 5.41) is 3.59. The van der Waals surface area contributed by atoms with Gasteiger partial charge in [-0.3, -0.25) is 0 Å². The highest BCUT2D eigenvalue weighted by molar-refractivity contribution is 7.91. The van der Waals surface area contributed by atoms with Gasteiger partial charge in [0.2, 0.25) is 9.84 Å². The molecule has 2 aromatic rings. The van der Waals surface area contributed by atoms with E-state index in [1.165, 1.54) is 0 Å². The number of sulfone groups is 1. The van der Waals surface area contributed by atoms with E-state index in [1.54, 1.807) is 30.3 Å². The van der Waals surface area contributed by atoms with E-state index in [1.807, 2.05) is 18.2 Å². The number of hydrogen-bond donors (Lipinski definition) is 1. The zero-order valence-electron chi connectivity index (χ0n) is 13.8. The Balaban J connectivity index is 1.72. The molecule has 1 fully saturated rings. The van der Waals surface area contributed by atoms with Crippen molar-refractivity contribution in [3.05, 3.63) is 54.1 Å². The van der Waals surface area contributed by atoms with E-state index in [-0.39, 0.29) is 0 Å². The van der Waals surface area contributed by atoms with Crippen LogP contribution in [0.5, 0.6) is 0 Å². The van der Waals surface area contributed by atoms with Crippen molar-refractivity contribution >= 4 is 15.5 Å². The minimum atomic E-state index is -3.46. The maximum Gasteiger partial charge on any atom is 0.206 e. The van der Waals surface area contributed by atoms with Gasteiger partial charge in [0.05, 0.1) is 9.79 Å². The lowest BCUT2D eigenvalue weighted by atomic mass is 9.91. The van der Waals surface area contributed by atoms with Crippen molar-refractivity contribution in [1.82, 2.24) is 4.90 Å². The molecule has 0 radical (unpaired) electrons. The van der Waals surface area contributed by atoms with Crippen LogP contribution in [0.1, 0.15) is 24.3 Å². The molecular formula is C19H22N2O2S. The van der Waals surface area contributed by atoms with Gasteiger partial charge in [0.15, 0.2) is 0 Å². The monoisotopic (exact) mass is 342 g/mol. The molecule has 0 spiro atoms. The number of anilines is 1. The molecule has 2 aliphatic heterocycles. The van der Waals surface area contributed by atoms with Crippen molar-refractivity contribution in [2.45, 2.75) is 34.6 Å². The highest BCUT2D eigenvalue weighted by atomic mass is 32.2. The Hall–Kier alpha value is -1.85. The molecule has 2 aromatic carbocycles. The Kier molecular flexibility index (Phi) is 3.85. The second-order valence-electron chi connectivity index (χ2n) is 6.80. The number of fused-ring (bicyclic) bond motifs is 3. The SMILES string of the molecule is CN1CC[C@@H]2c3cc(S(=O)(=O)c4ccccc4)ccc3N[C@@H]2CC1. The fraction of sp³-hybridized carbons (Fsp3) is 0.368. The molecule has 5 heteroatoms. The van der Waals surface area contributed by atoms with Crippen molar-refractivity contribution in [3.8, 4) is 0 Å². The van der Waals surface area contributed by atoms with Gasteiger partial charge in [0.25, 0.3) is 0 Å². The third-order valence-corrected chi connectivity index (χ3v) is 7.02. The van der Waals surface area contributed by atoms with E-state index < -0.39 is 9.84 Å². The maximum atomic E-state index is 12.9. The van der Waals surface area contributed by atoms with Crippen LogP contribution in [-0.4, -0.2) is 39.5 Å². The first-order valence-electron chi connectivity index (χ1n) is 8.45. The molecule has 1 saturated heterocycles. The molecule has 0 amide bonds. The summed E-state index contributed by atoms with van der Waals surface area (Å²) in [5.41, 5.74) is 2.26. The van der Waals surface area contributed by atoms with Crippen LogP contribution >= 0.6 is 0 Å². The first-order valence-corrected chi connectivity index (χ1v) is 9.93. The Morgan fingerprint density at radius 1 is 1.00 bits per heavy atom. The average Bonchev–Trinajstić information content (AvgIpc) is 2.85. The Morgan fingerprint density at radius 2 is 1.75 bits per heavy atom. The zero-order valence-corrected chi connectivity index (χ0v) is 14.6. The number of likely N-dealkylation sites (tertiary alicyclic amines) is 1. The van der Waals surface area contributed by atoms with Gasteiger partial charge in [-0.15, -0.1) is 0 Å². The van der Waals surface area contributed by atoms with Crippen LogP contribution in [0.2, 0.25) is 0 Å². The molecule has 0 aliphatic carbocycles. The van der Waals surface area contributed by atoms with Crippen molar-refractivity contribution in [1.29, 1.82) is 0 Å². The molecule has 4 rings (SSSR count). The van der Waals surface area contributed by atoms with Gasteiger partial charge in [-0.25, -0.2) is 8.42 Å². The lowest BCUT2D eigenvalue weighted by Crippen LogP contribution is -2.22. The van der Waals surface area contributed by atoms with Crippen LogP contribution in [0.4, 0.5) is 5.69 Å². The van der Waals surface area contributed by atoms with Crippen molar-refractivity contribution in [3.63, 3.8) is 0 Å². The predicted octanol–water partition coefficient (Wildman–Crippen LogP) is 3.12. The van der Waals surface area contributed by atoms with E-state index in [0.717, 1.165) is 37.2 Å². The van der Waals surface area contributed by atoms with Crippen molar-refractivity contribution < 1.29 is 8.42 Å². The molecular weight excluding hydrogens is 320 g/mol.